The van der Waals surface area contributed by atoms with Gasteiger partial charge in [-0.3, -0.25) is 9.69 Å². The Labute approximate surface area is 158 Å². The third kappa shape index (κ3) is 4.46. The van der Waals surface area contributed by atoms with Crippen molar-refractivity contribution in [3.63, 3.8) is 0 Å². The average molecular weight is 378 g/mol. The van der Waals surface area contributed by atoms with Crippen LogP contribution in [-0.2, 0) is 4.79 Å². The number of benzene rings is 2. The summed E-state index contributed by atoms with van der Waals surface area (Å²) in [5.41, 5.74) is 1.78. The molecular formula is C19H21Cl2N3O. The summed E-state index contributed by atoms with van der Waals surface area (Å²) in [5, 5.41) is 4.21. The molecule has 0 spiro atoms. The maximum atomic E-state index is 12.5. The van der Waals surface area contributed by atoms with Crippen molar-refractivity contribution in [2.24, 2.45) is 0 Å². The zero-order chi connectivity index (χ0) is 17.8. The first-order valence-corrected chi connectivity index (χ1v) is 9.10. The maximum Gasteiger partial charge on any atom is 0.241 e. The third-order valence-electron chi connectivity index (χ3n) is 4.55. The molecule has 1 atom stereocenters. The summed E-state index contributed by atoms with van der Waals surface area (Å²) in [6, 6.07) is 15.0. The second-order valence-electron chi connectivity index (χ2n) is 6.15. The number of para-hydroxylation sites is 1. The highest BCUT2D eigenvalue weighted by molar-refractivity contribution is 6.33. The highest BCUT2D eigenvalue weighted by Gasteiger charge is 2.26. The molecule has 4 nitrogen and oxygen atoms in total. The van der Waals surface area contributed by atoms with Gasteiger partial charge in [0, 0.05) is 36.9 Å². The highest BCUT2D eigenvalue weighted by atomic mass is 35.5. The van der Waals surface area contributed by atoms with Crippen LogP contribution in [0.4, 0.5) is 11.4 Å². The molecule has 1 heterocycles. The van der Waals surface area contributed by atoms with Crippen molar-refractivity contribution in [2.45, 2.75) is 13.0 Å². The van der Waals surface area contributed by atoms with Crippen LogP contribution in [-0.4, -0.2) is 43.0 Å². The summed E-state index contributed by atoms with van der Waals surface area (Å²) in [5.74, 6) is -0.0377. The first-order valence-electron chi connectivity index (χ1n) is 8.34. The van der Waals surface area contributed by atoms with Gasteiger partial charge in [0.05, 0.1) is 16.8 Å². The molecule has 2 aromatic carbocycles. The van der Waals surface area contributed by atoms with Crippen LogP contribution in [0, 0.1) is 0 Å². The Hall–Kier alpha value is -1.75. The van der Waals surface area contributed by atoms with Crippen LogP contribution in [0.15, 0.2) is 48.5 Å². The number of carbonyl (C=O) groups excluding carboxylic acids is 1. The van der Waals surface area contributed by atoms with Gasteiger partial charge in [0.1, 0.15) is 0 Å². The number of amides is 1. The van der Waals surface area contributed by atoms with E-state index in [2.05, 4.69) is 21.2 Å². The fourth-order valence-electron chi connectivity index (χ4n) is 3.01. The number of nitrogens with one attached hydrogen (secondary N) is 1. The van der Waals surface area contributed by atoms with Crippen LogP contribution in [0.2, 0.25) is 10.0 Å². The molecule has 0 saturated carbocycles. The van der Waals surface area contributed by atoms with E-state index < -0.39 is 0 Å². The van der Waals surface area contributed by atoms with Crippen molar-refractivity contribution in [2.75, 3.05) is 36.4 Å². The van der Waals surface area contributed by atoms with Crippen LogP contribution < -0.4 is 10.2 Å². The SMILES string of the molecule is CC(C(=O)Nc1ccccc1Cl)N1CCN(c2cccc(Cl)c2)CC1. The number of nitrogens with zero attached hydrogens (tertiary/aromatic N) is 2. The van der Waals surface area contributed by atoms with Gasteiger partial charge >= 0.3 is 0 Å². The fraction of sp³-hybridized carbons (Fsp3) is 0.316. The lowest BCUT2D eigenvalue weighted by Crippen LogP contribution is -2.52. The van der Waals surface area contributed by atoms with E-state index in [1.807, 2.05) is 43.3 Å². The van der Waals surface area contributed by atoms with Gasteiger partial charge in [0.15, 0.2) is 0 Å². The van der Waals surface area contributed by atoms with Gasteiger partial charge < -0.3 is 10.2 Å². The summed E-state index contributed by atoms with van der Waals surface area (Å²) in [4.78, 5) is 17.0. The average Bonchev–Trinajstić information content (AvgIpc) is 2.63. The first kappa shape index (κ1) is 18.1. The molecule has 0 bridgehead atoms. The molecule has 0 aliphatic carbocycles. The van der Waals surface area contributed by atoms with E-state index >= 15 is 0 Å². The minimum atomic E-state index is -0.210. The molecule has 132 valence electrons. The standard InChI is InChI=1S/C19H21Cl2N3O/c1-14(19(25)22-18-8-3-2-7-17(18)21)23-9-11-24(12-10-23)16-6-4-5-15(20)13-16/h2-8,13-14H,9-12H2,1H3,(H,22,25). The van der Waals surface area contributed by atoms with Gasteiger partial charge in [-0.15, -0.1) is 0 Å². The highest BCUT2D eigenvalue weighted by Crippen LogP contribution is 2.23. The van der Waals surface area contributed by atoms with Crippen molar-refractivity contribution in [3.8, 4) is 0 Å². The quantitative estimate of drug-likeness (QED) is 0.869. The number of rotatable bonds is 4. The predicted molar refractivity (Wildman–Crippen MR) is 105 cm³/mol. The van der Waals surface area contributed by atoms with Crippen molar-refractivity contribution >= 4 is 40.5 Å². The minimum Gasteiger partial charge on any atom is -0.369 e. The van der Waals surface area contributed by atoms with E-state index in [4.69, 9.17) is 23.2 Å². The Balaban J connectivity index is 1.57. The molecule has 1 fully saturated rings. The molecule has 0 aromatic heterocycles. The fourth-order valence-corrected chi connectivity index (χ4v) is 3.37. The van der Waals surface area contributed by atoms with Crippen LogP contribution in [0.3, 0.4) is 0 Å². The molecule has 2 aromatic rings. The van der Waals surface area contributed by atoms with Gasteiger partial charge in [-0.2, -0.15) is 0 Å². The Morgan fingerprint density at radius 1 is 1.04 bits per heavy atom. The summed E-state index contributed by atoms with van der Waals surface area (Å²) in [6.45, 7) is 5.31. The molecule has 6 heteroatoms. The minimum absolute atomic E-state index is 0.0377. The van der Waals surface area contributed by atoms with E-state index in [1.165, 1.54) is 0 Å². The number of hydrogen-bond acceptors (Lipinski definition) is 3. The molecule has 3 rings (SSSR count). The van der Waals surface area contributed by atoms with E-state index in [0.29, 0.717) is 10.7 Å². The van der Waals surface area contributed by atoms with Crippen LogP contribution in [0.5, 0.6) is 0 Å². The predicted octanol–water partition coefficient (Wildman–Crippen LogP) is 4.14. The second-order valence-corrected chi connectivity index (χ2v) is 6.99. The van der Waals surface area contributed by atoms with Crippen LogP contribution >= 0.6 is 23.2 Å². The van der Waals surface area contributed by atoms with Gasteiger partial charge in [0.2, 0.25) is 5.91 Å². The summed E-state index contributed by atoms with van der Waals surface area (Å²) < 4.78 is 0. The second kappa shape index (κ2) is 8.09. The Morgan fingerprint density at radius 2 is 1.76 bits per heavy atom. The molecule has 1 aliphatic heterocycles. The van der Waals surface area contributed by atoms with Gasteiger partial charge in [-0.05, 0) is 37.3 Å². The summed E-state index contributed by atoms with van der Waals surface area (Å²) >= 11 is 12.2. The molecule has 1 unspecified atom stereocenters. The molecular weight excluding hydrogens is 357 g/mol. The zero-order valence-electron chi connectivity index (χ0n) is 14.1. The Morgan fingerprint density at radius 3 is 2.44 bits per heavy atom. The molecule has 1 amide bonds. The van der Waals surface area contributed by atoms with Crippen molar-refractivity contribution < 1.29 is 4.79 Å². The smallest absolute Gasteiger partial charge is 0.241 e. The molecule has 1 N–H and O–H groups in total. The van der Waals surface area contributed by atoms with Crippen molar-refractivity contribution in [1.29, 1.82) is 0 Å². The topological polar surface area (TPSA) is 35.6 Å². The van der Waals surface area contributed by atoms with E-state index in [-0.39, 0.29) is 11.9 Å². The van der Waals surface area contributed by atoms with Crippen LogP contribution in [0.1, 0.15) is 6.92 Å². The largest absolute Gasteiger partial charge is 0.369 e. The van der Waals surface area contributed by atoms with Gasteiger partial charge in [0.25, 0.3) is 0 Å². The zero-order valence-corrected chi connectivity index (χ0v) is 15.6. The molecule has 0 radical (unpaired) electrons. The Kier molecular flexibility index (Phi) is 5.84. The van der Waals surface area contributed by atoms with E-state index in [1.54, 1.807) is 6.07 Å². The number of piperazine rings is 1. The lowest BCUT2D eigenvalue weighted by atomic mass is 10.2. The van der Waals surface area contributed by atoms with Gasteiger partial charge in [-0.1, -0.05) is 41.4 Å². The molecule has 1 saturated heterocycles. The lowest BCUT2D eigenvalue weighted by Gasteiger charge is -2.38. The lowest BCUT2D eigenvalue weighted by molar-refractivity contribution is -0.120. The first-order chi connectivity index (χ1) is 12.0. The monoisotopic (exact) mass is 377 g/mol. The number of carbonyl (C=O) groups is 1. The summed E-state index contributed by atoms with van der Waals surface area (Å²) in [6.07, 6.45) is 0. The van der Waals surface area contributed by atoms with E-state index in [0.717, 1.165) is 36.9 Å². The van der Waals surface area contributed by atoms with Crippen LogP contribution in [0.25, 0.3) is 0 Å². The van der Waals surface area contributed by atoms with Crippen molar-refractivity contribution in [3.05, 3.63) is 58.6 Å². The number of anilines is 2. The van der Waals surface area contributed by atoms with Crippen molar-refractivity contribution in [1.82, 2.24) is 4.90 Å². The summed E-state index contributed by atoms with van der Waals surface area (Å²) in [7, 11) is 0. The van der Waals surface area contributed by atoms with Gasteiger partial charge in [-0.25, -0.2) is 0 Å². The molecule has 25 heavy (non-hydrogen) atoms. The number of halogens is 2. The Bertz CT molecular complexity index is 745. The molecule has 1 aliphatic rings. The normalized spacial score (nSPS) is 16.5. The van der Waals surface area contributed by atoms with E-state index in [9.17, 15) is 4.79 Å². The maximum absolute atomic E-state index is 12.5. The third-order valence-corrected chi connectivity index (χ3v) is 5.11. The number of hydrogen-bond donors (Lipinski definition) is 1.